The maximum atomic E-state index is 6.06. The van der Waals surface area contributed by atoms with Gasteiger partial charge in [0.05, 0.1) is 34.5 Å². The van der Waals surface area contributed by atoms with Crippen LogP contribution in [0.2, 0.25) is 10.0 Å². The standard InChI is InChI=1S/C12H11Cl2N3/c1-15-9-5-10(7-16-6-9)17-12-4-8(13)2-3-11(12)14/h2-7,15,17H,1H3. The zero-order valence-corrected chi connectivity index (χ0v) is 10.7. The Morgan fingerprint density at radius 3 is 2.59 bits per heavy atom. The van der Waals surface area contributed by atoms with Crippen molar-refractivity contribution in [3.05, 3.63) is 46.7 Å². The molecule has 0 aliphatic rings. The molecule has 0 saturated carbocycles. The van der Waals surface area contributed by atoms with E-state index in [0.29, 0.717) is 10.0 Å². The molecule has 2 N–H and O–H groups in total. The van der Waals surface area contributed by atoms with Gasteiger partial charge in [-0.05, 0) is 24.3 Å². The van der Waals surface area contributed by atoms with Crippen LogP contribution in [0.1, 0.15) is 0 Å². The van der Waals surface area contributed by atoms with Crippen LogP contribution in [-0.4, -0.2) is 12.0 Å². The molecule has 88 valence electrons. The molecule has 1 heterocycles. The highest BCUT2D eigenvalue weighted by molar-refractivity contribution is 6.35. The molecule has 0 atom stereocenters. The molecule has 0 radical (unpaired) electrons. The molecule has 17 heavy (non-hydrogen) atoms. The maximum Gasteiger partial charge on any atom is 0.0642 e. The van der Waals surface area contributed by atoms with E-state index in [1.165, 1.54) is 0 Å². The third kappa shape index (κ3) is 3.02. The van der Waals surface area contributed by atoms with Crippen LogP contribution in [0.15, 0.2) is 36.7 Å². The van der Waals surface area contributed by atoms with E-state index in [2.05, 4.69) is 15.6 Å². The Morgan fingerprint density at radius 2 is 1.82 bits per heavy atom. The Bertz CT molecular complexity index is 529. The molecule has 0 saturated heterocycles. The maximum absolute atomic E-state index is 6.06. The average molecular weight is 268 g/mol. The molecular weight excluding hydrogens is 257 g/mol. The van der Waals surface area contributed by atoms with Crippen molar-refractivity contribution in [1.82, 2.24) is 4.98 Å². The van der Waals surface area contributed by atoms with Gasteiger partial charge in [-0.15, -0.1) is 0 Å². The predicted molar refractivity (Wildman–Crippen MR) is 73.5 cm³/mol. The Kier molecular flexibility index (Phi) is 3.71. The first-order valence-corrected chi connectivity index (χ1v) is 5.79. The van der Waals surface area contributed by atoms with Gasteiger partial charge in [-0.3, -0.25) is 4.98 Å². The minimum Gasteiger partial charge on any atom is -0.387 e. The third-order valence-electron chi connectivity index (χ3n) is 2.23. The summed E-state index contributed by atoms with van der Waals surface area (Å²) >= 11 is 12.0. The Morgan fingerprint density at radius 1 is 1.06 bits per heavy atom. The molecule has 0 bridgehead atoms. The van der Waals surface area contributed by atoms with Gasteiger partial charge >= 0.3 is 0 Å². The smallest absolute Gasteiger partial charge is 0.0642 e. The van der Waals surface area contributed by atoms with Gasteiger partial charge in [-0.2, -0.15) is 0 Å². The highest BCUT2D eigenvalue weighted by Crippen LogP contribution is 2.28. The van der Waals surface area contributed by atoms with Crippen LogP contribution in [0.4, 0.5) is 17.1 Å². The van der Waals surface area contributed by atoms with E-state index in [4.69, 9.17) is 23.2 Å². The molecular formula is C12H11Cl2N3. The summed E-state index contributed by atoms with van der Waals surface area (Å²) in [5.41, 5.74) is 2.53. The molecule has 0 spiro atoms. The second-order valence-corrected chi connectivity index (χ2v) is 4.31. The third-order valence-corrected chi connectivity index (χ3v) is 2.80. The van der Waals surface area contributed by atoms with Gasteiger partial charge in [0.15, 0.2) is 0 Å². The molecule has 1 aromatic heterocycles. The molecule has 2 rings (SSSR count). The van der Waals surface area contributed by atoms with E-state index < -0.39 is 0 Å². The first kappa shape index (κ1) is 12.0. The second kappa shape index (κ2) is 5.25. The highest BCUT2D eigenvalue weighted by atomic mass is 35.5. The lowest BCUT2D eigenvalue weighted by Crippen LogP contribution is -1.95. The summed E-state index contributed by atoms with van der Waals surface area (Å²) < 4.78 is 0. The summed E-state index contributed by atoms with van der Waals surface area (Å²) in [7, 11) is 1.84. The van der Waals surface area contributed by atoms with Crippen LogP contribution >= 0.6 is 23.2 Å². The summed E-state index contributed by atoms with van der Waals surface area (Å²) in [4.78, 5) is 4.10. The number of hydrogen-bond donors (Lipinski definition) is 2. The van der Waals surface area contributed by atoms with Crippen molar-refractivity contribution < 1.29 is 0 Å². The molecule has 3 nitrogen and oxygen atoms in total. The number of pyridine rings is 1. The number of nitrogens with zero attached hydrogens (tertiary/aromatic N) is 1. The van der Waals surface area contributed by atoms with E-state index in [1.54, 1.807) is 30.6 Å². The van der Waals surface area contributed by atoms with Crippen LogP contribution in [0.25, 0.3) is 0 Å². The van der Waals surface area contributed by atoms with Crippen molar-refractivity contribution in [2.45, 2.75) is 0 Å². The summed E-state index contributed by atoms with van der Waals surface area (Å²) in [6, 6.07) is 7.21. The van der Waals surface area contributed by atoms with Gasteiger partial charge in [0, 0.05) is 12.1 Å². The monoisotopic (exact) mass is 267 g/mol. The molecule has 0 unspecified atom stereocenters. The number of benzene rings is 1. The summed E-state index contributed by atoms with van der Waals surface area (Å²) in [5.74, 6) is 0. The van der Waals surface area contributed by atoms with Crippen LogP contribution in [0, 0.1) is 0 Å². The van der Waals surface area contributed by atoms with Gasteiger partial charge in [0.25, 0.3) is 0 Å². The van der Waals surface area contributed by atoms with Crippen LogP contribution in [0.5, 0.6) is 0 Å². The number of aromatic nitrogens is 1. The number of rotatable bonds is 3. The molecule has 0 aliphatic heterocycles. The van der Waals surface area contributed by atoms with Crippen molar-refractivity contribution in [2.75, 3.05) is 17.7 Å². The van der Waals surface area contributed by atoms with E-state index in [9.17, 15) is 0 Å². The largest absolute Gasteiger partial charge is 0.387 e. The van der Waals surface area contributed by atoms with Gasteiger partial charge < -0.3 is 10.6 Å². The normalized spacial score (nSPS) is 10.1. The highest BCUT2D eigenvalue weighted by Gasteiger charge is 2.02. The van der Waals surface area contributed by atoms with Crippen molar-refractivity contribution in [3.63, 3.8) is 0 Å². The minimum absolute atomic E-state index is 0.615. The SMILES string of the molecule is CNc1cncc(Nc2cc(Cl)ccc2Cl)c1. The van der Waals surface area contributed by atoms with Gasteiger partial charge in [-0.25, -0.2) is 0 Å². The molecule has 0 fully saturated rings. The van der Waals surface area contributed by atoms with Gasteiger partial charge in [0.1, 0.15) is 0 Å². The Balaban J connectivity index is 2.27. The lowest BCUT2D eigenvalue weighted by atomic mass is 10.3. The predicted octanol–water partition coefficient (Wildman–Crippen LogP) is 4.17. The fourth-order valence-electron chi connectivity index (χ4n) is 1.39. The van der Waals surface area contributed by atoms with Gasteiger partial charge in [0.2, 0.25) is 0 Å². The molecule has 5 heteroatoms. The second-order valence-electron chi connectivity index (χ2n) is 3.46. The Labute approximate surface area is 110 Å². The van der Waals surface area contributed by atoms with Crippen molar-refractivity contribution in [2.24, 2.45) is 0 Å². The van der Waals surface area contributed by atoms with Crippen LogP contribution in [-0.2, 0) is 0 Å². The number of nitrogens with one attached hydrogen (secondary N) is 2. The van der Waals surface area contributed by atoms with Crippen molar-refractivity contribution in [3.8, 4) is 0 Å². The van der Waals surface area contributed by atoms with E-state index in [-0.39, 0.29) is 0 Å². The first-order chi connectivity index (χ1) is 8.19. The van der Waals surface area contributed by atoms with Crippen LogP contribution < -0.4 is 10.6 Å². The number of hydrogen-bond acceptors (Lipinski definition) is 3. The summed E-state index contributed by atoms with van der Waals surface area (Å²) in [5, 5.41) is 7.44. The molecule has 1 aromatic carbocycles. The fourth-order valence-corrected chi connectivity index (χ4v) is 1.73. The zero-order chi connectivity index (χ0) is 12.3. The topological polar surface area (TPSA) is 37.0 Å². The number of halogens is 2. The van der Waals surface area contributed by atoms with Crippen molar-refractivity contribution >= 4 is 40.3 Å². The lowest BCUT2D eigenvalue weighted by Gasteiger charge is -2.09. The van der Waals surface area contributed by atoms with Gasteiger partial charge in [-0.1, -0.05) is 23.2 Å². The first-order valence-electron chi connectivity index (χ1n) is 5.04. The fraction of sp³-hybridized carbons (Fsp3) is 0.0833. The summed E-state index contributed by atoms with van der Waals surface area (Å²) in [6.07, 6.45) is 3.46. The van der Waals surface area contributed by atoms with E-state index in [0.717, 1.165) is 17.1 Å². The molecule has 2 aromatic rings. The summed E-state index contributed by atoms with van der Waals surface area (Å²) in [6.45, 7) is 0. The molecule has 0 amide bonds. The average Bonchev–Trinajstić information content (AvgIpc) is 2.34. The quantitative estimate of drug-likeness (QED) is 0.877. The van der Waals surface area contributed by atoms with Crippen LogP contribution in [0.3, 0.4) is 0 Å². The zero-order valence-electron chi connectivity index (χ0n) is 9.17. The van der Waals surface area contributed by atoms with Crippen molar-refractivity contribution in [1.29, 1.82) is 0 Å². The molecule has 0 aliphatic carbocycles. The Hall–Kier alpha value is -1.45. The minimum atomic E-state index is 0.615. The lowest BCUT2D eigenvalue weighted by molar-refractivity contribution is 1.30. The number of anilines is 3. The van der Waals surface area contributed by atoms with E-state index >= 15 is 0 Å². The van der Waals surface area contributed by atoms with E-state index in [1.807, 2.05) is 13.1 Å².